The maximum Gasteiger partial charge on any atom is 0.244 e. The Labute approximate surface area is 140 Å². The van der Waals surface area contributed by atoms with E-state index in [0.29, 0.717) is 11.4 Å². The number of fused-ring (bicyclic) bond motifs is 1. The van der Waals surface area contributed by atoms with E-state index >= 15 is 0 Å². The molecule has 0 atom stereocenters. The second-order valence-corrected chi connectivity index (χ2v) is 7.54. The molecule has 2 aromatic rings. The molecule has 0 unspecified atom stereocenters. The SMILES string of the molecule is O=C1CN(C(=O)CCS(=O)(=O)c2ccccc2)c2ccccc2N1. The summed E-state index contributed by atoms with van der Waals surface area (Å²) in [4.78, 5) is 25.7. The summed E-state index contributed by atoms with van der Waals surface area (Å²) in [5.41, 5.74) is 1.13. The first-order valence-electron chi connectivity index (χ1n) is 7.44. The molecule has 124 valence electrons. The fraction of sp³-hybridized carbons (Fsp3) is 0.176. The van der Waals surface area contributed by atoms with E-state index in [-0.39, 0.29) is 29.5 Å². The van der Waals surface area contributed by atoms with Crippen LogP contribution in [-0.4, -0.2) is 32.5 Å². The molecule has 2 amide bonds. The molecule has 0 aliphatic carbocycles. The smallest absolute Gasteiger partial charge is 0.244 e. The van der Waals surface area contributed by atoms with Gasteiger partial charge in [0.15, 0.2) is 9.84 Å². The standard InChI is InChI=1S/C17H16N2O4S/c20-16-12-19(15-9-5-4-8-14(15)18-16)17(21)10-11-24(22,23)13-6-2-1-3-7-13/h1-9H,10-12H2,(H,18,20). The van der Waals surface area contributed by atoms with Crippen LogP contribution in [0.25, 0.3) is 0 Å². The van der Waals surface area contributed by atoms with Crippen molar-refractivity contribution >= 4 is 33.0 Å². The summed E-state index contributed by atoms with van der Waals surface area (Å²) in [6.45, 7) is -0.110. The normalized spacial score (nSPS) is 14.0. The summed E-state index contributed by atoms with van der Waals surface area (Å²) in [6, 6.07) is 15.0. The first kappa shape index (κ1) is 16.2. The molecular formula is C17H16N2O4S. The zero-order chi connectivity index (χ0) is 17.2. The number of hydrogen-bond acceptors (Lipinski definition) is 4. The van der Waals surface area contributed by atoms with Gasteiger partial charge in [0.05, 0.1) is 22.0 Å². The van der Waals surface area contributed by atoms with Crippen molar-refractivity contribution in [3.05, 3.63) is 54.6 Å². The first-order valence-corrected chi connectivity index (χ1v) is 9.10. The van der Waals surface area contributed by atoms with Gasteiger partial charge in [0, 0.05) is 6.42 Å². The number of carbonyl (C=O) groups is 2. The predicted molar refractivity (Wildman–Crippen MR) is 90.5 cm³/mol. The summed E-state index contributed by atoms with van der Waals surface area (Å²) < 4.78 is 24.6. The molecule has 0 bridgehead atoms. The Kier molecular flexibility index (Phi) is 4.35. The van der Waals surface area contributed by atoms with Crippen molar-refractivity contribution in [2.24, 2.45) is 0 Å². The third-order valence-corrected chi connectivity index (χ3v) is 5.49. The summed E-state index contributed by atoms with van der Waals surface area (Å²) in [5, 5.41) is 2.69. The third-order valence-electron chi connectivity index (χ3n) is 3.76. The lowest BCUT2D eigenvalue weighted by Crippen LogP contribution is -2.42. The Morgan fingerprint density at radius 3 is 2.46 bits per heavy atom. The van der Waals surface area contributed by atoms with Crippen LogP contribution in [0.1, 0.15) is 6.42 Å². The van der Waals surface area contributed by atoms with E-state index < -0.39 is 15.7 Å². The fourth-order valence-corrected chi connectivity index (χ4v) is 3.81. The maximum atomic E-state index is 12.5. The molecule has 1 heterocycles. The molecule has 3 rings (SSSR count). The van der Waals surface area contributed by atoms with Crippen molar-refractivity contribution in [2.75, 3.05) is 22.5 Å². The number of hydrogen-bond donors (Lipinski definition) is 1. The van der Waals surface area contributed by atoms with E-state index in [2.05, 4.69) is 5.32 Å². The second-order valence-electron chi connectivity index (χ2n) is 5.43. The number of amides is 2. The highest BCUT2D eigenvalue weighted by atomic mass is 32.2. The van der Waals surface area contributed by atoms with Gasteiger partial charge in [-0.25, -0.2) is 8.42 Å². The molecule has 0 aromatic heterocycles. The van der Waals surface area contributed by atoms with E-state index in [1.165, 1.54) is 17.0 Å². The number of para-hydroxylation sites is 2. The minimum atomic E-state index is -3.53. The van der Waals surface area contributed by atoms with Gasteiger partial charge in [0.1, 0.15) is 6.54 Å². The van der Waals surface area contributed by atoms with Crippen molar-refractivity contribution < 1.29 is 18.0 Å². The number of nitrogens with one attached hydrogen (secondary N) is 1. The Bertz CT molecular complexity index is 878. The van der Waals surface area contributed by atoms with Crippen molar-refractivity contribution in [3.63, 3.8) is 0 Å². The van der Waals surface area contributed by atoms with Crippen LogP contribution >= 0.6 is 0 Å². The van der Waals surface area contributed by atoms with E-state index in [4.69, 9.17) is 0 Å². The van der Waals surface area contributed by atoms with Crippen molar-refractivity contribution in [1.82, 2.24) is 0 Å². The van der Waals surface area contributed by atoms with Crippen molar-refractivity contribution in [3.8, 4) is 0 Å². The molecule has 24 heavy (non-hydrogen) atoms. The van der Waals surface area contributed by atoms with E-state index in [0.717, 1.165) is 0 Å². The van der Waals surface area contributed by atoms with Crippen LogP contribution in [0, 0.1) is 0 Å². The summed E-state index contributed by atoms with van der Waals surface area (Å²) >= 11 is 0. The Morgan fingerprint density at radius 2 is 1.71 bits per heavy atom. The Balaban J connectivity index is 1.75. The molecule has 6 nitrogen and oxygen atoms in total. The van der Waals surface area contributed by atoms with E-state index in [9.17, 15) is 18.0 Å². The number of nitrogens with zero attached hydrogens (tertiary/aromatic N) is 1. The maximum absolute atomic E-state index is 12.5. The second kappa shape index (κ2) is 6.45. The molecule has 2 aromatic carbocycles. The molecule has 0 spiro atoms. The predicted octanol–water partition coefficient (Wildman–Crippen LogP) is 1.84. The zero-order valence-corrected chi connectivity index (χ0v) is 13.6. The number of carbonyl (C=O) groups excluding carboxylic acids is 2. The number of rotatable bonds is 4. The lowest BCUT2D eigenvalue weighted by atomic mass is 10.2. The summed E-state index contributed by atoms with van der Waals surface area (Å²) in [6.07, 6.45) is -0.182. The Hall–Kier alpha value is -2.67. The van der Waals surface area contributed by atoms with Crippen LogP contribution < -0.4 is 10.2 Å². The number of benzene rings is 2. The zero-order valence-electron chi connectivity index (χ0n) is 12.8. The molecular weight excluding hydrogens is 328 g/mol. The van der Waals surface area contributed by atoms with Gasteiger partial charge < -0.3 is 10.2 Å². The highest BCUT2D eigenvalue weighted by molar-refractivity contribution is 7.91. The van der Waals surface area contributed by atoms with Crippen LogP contribution in [0.4, 0.5) is 11.4 Å². The summed E-state index contributed by atoms with van der Waals surface area (Å²) in [7, 11) is -3.53. The lowest BCUT2D eigenvalue weighted by molar-refractivity contribution is -0.121. The largest absolute Gasteiger partial charge is 0.323 e. The monoisotopic (exact) mass is 344 g/mol. The molecule has 0 radical (unpaired) electrons. The number of anilines is 2. The minimum absolute atomic E-state index is 0.110. The van der Waals surface area contributed by atoms with Gasteiger partial charge in [-0.2, -0.15) is 0 Å². The fourth-order valence-electron chi connectivity index (χ4n) is 2.56. The van der Waals surface area contributed by atoms with Crippen LogP contribution in [0.5, 0.6) is 0 Å². The van der Waals surface area contributed by atoms with Crippen LogP contribution in [0.15, 0.2) is 59.5 Å². The average molecular weight is 344 g/mol. The third kappa shape index (κ3) is 3.30. The topological polar surface area (TPSA) is 83.6 Å². The van der Waals surface area contributed by atoms with Crippen LogP contribution in [0.2, 0.25) is 0 Å². The van der Waals surface area contributed by atoms with E-state index in [1.54, 1.807) is 42.5 Å². The van der Waals surface area contributed by atoms with Gasteiger partial charge >= 0.3 is 0 Å². The molecule has 1 aliphatic heterocycles. The van der Waals surface area contributed by atoms with E-state index in [1.807, 2.05) is 0 Å². The Morgan fingerprint density at radius 1 is 1.04 bits per heavy atom. The molecule has 7 heteroatoms. The van der Waals surface area contributed by atoms with Gasteiger partial charge in [-0.15, -0.1) is 0 Å². The molecule has 1 N–H and O–H groups in total. The van der Waals surface area contributed by atoms with Gasteiger partial charge in [-0.1, -0.05) is 30.3 Å². The molecule has 0 saturated carbocycles. The quantitative estimate of drug-likeness (QED) is 0.917. The van der Waals surface area contributed by atoms with Gasteiger partial charge in [0.2, 0.25) is 11.8 Å². The van der Waals surface area contributed by atoms with Crippen LogP contribution in [-0.2, 0) is 19.4 Å². The number of sulfone groups is 1. The van der Waals surface area contributed by atoms with Gasteiger partial charge in [0.25, 0.3) is 0 Å². The first-order chi connectivity index (χ1) is 11.5. The highest BCUT2D eigenvalue weighted by Gasteiger charge is 2.27. The lowest BCUT2D eigenvalue weighted by Gasteiger charge is -2.29. The van der Waals surface area contributed by atoms with Crippen molar-refractivity contribution in [1.29, 1.82) is 0 Å². The highest BCUT2D eigenvalue weighted by Crippen LogP contribution is 2.29. The average Bonchev–Trinajstić information content (AvgIpc) is 2.59. The van der Waals surface area contributed by atoms with Crippen LogP contribution in [0.3, 0.4) is 0 Å². The molecule has 1 aliphatic rings. The van der Waals surface area contributed by atoms with Gasteiger partial charge in [-0.05, 0) is 24.3 Å². The minimum Gasteiger partial charge on any atom is -0.323 e. The molecule has 0 fully saturated rings. The summed E-state index contributed by atoms with van der Waals surface area (Å²) in [5.74, 6) is -0.986. The molecule has 0 saturated heterocycles. The van der Waals surface area contributed by atoms with Gasteiger partial charge in [-0.3, -0.25) is 9.59 Å². The van der Waals surface area contributed by atoms with Crippen molar-refractivity contribution in [2.45, 2.75) is 11.3 Å².